The van der Waals surface area contributed by atoms with Crippen LogP contribution in [-0.2, 0) is 4.74 Å². The second kappa shape index (κ2) is 6.27. The lowest BCUT2D eigenvalue weighted by Gasteiger charge is -2.25. The van der Waals surface area contributed by atoms with Crippen molar-refractivity contribution in [2.45, 2.75) is 44.2 Å². The van der Waals surface area contributed by atoms with Gasteiger partial charge in [0.1, 0.15) is 12.8 Å². The van der Waals surface area contributed by atoms with Crippen LogP contribution in [0, 0.1) is 0 Å². The number of benzene rings is 1. The van der Waals surface area contributed by atoms with E-state index in [-0.39, 0.29) is 12.1 Å². The Kier molecular flexibility index (Phi) is 4.21. The van der Waals surface area contributed by atoms with Crippen molar-refractivity contribution in [1.29, 1.82) is 0 Å². The van der Waals surface area contributed by atoms with Crippen molar-refractivity contribution in [3.8, 4) is 0 Å². The SMILES string of the molecule is O=C(NC1CCCCC1)N1COC(c2ccccc2)C1. The summed E-state index contributed by atoms with van der Waals surface area (Å²) >= 11 is 0. The van der Waals surface area contributed by atoms with Gasteiger partial charge in [-0.1, -0.05) is 49.6 Å². The number of amides is 2. The van der Waals surface area contributed by atoms with E-state index in [2.05, 4.69) is 5.32 Å². The molecule has 0 bridgehead atoms. The van der Waals surface area contributed by atoms with Crippen molar-refractivity contribution in [2.24, 2.45) is 0 Å². The normalized spacial score (nSPS) is 23.8. The minimum Gasteiger partial charge on any atom is -0.351 e. The van der Waals surface area contributed by atoms with Gasteiger partial charge in [-0.3, -0.25) is 4.90 Å². The van der Waals surface area contributed by atoms with Crippen LogP contribution < -0.4 is 5.32 Å². The summed E-state index contributed by atoms with van der Waals surface area (Å²) in [6, 6.07) is 10.5. The van der Waals surface area contributed by atoms with Gasteiger partial charge < -0.3 is 10.1 Å². The highest BCUT2D eigenvalue weighted by molar-refractivity contribution is 5.74. The molecule has 2 fully saturated rings. The Labute approximate surface area is 120 Å². The number of nitrogens with zero attached hydrogens (tertiary/aromatic N) is 1. The Bertz CT molecular complexity index is 443. The van der Waals surface area contributed by atoms with Gasteiger partial charge in [-0.25, -0.2) is 4.79 Å². The zero-order valence-electron chi connectivity index (χ0n) is 11.8. The van der Waals surface area contributed by atoms with Crippen molar-refractivity contribution < 1.29 is 9.53 Å². The molecule has 1 saturated heterocycles. The van der Waals surface area contributed by atoms with Gasteiger partial charge in [0, 0.05) is 6.04 Å². The molecule has 0 spiro atoms. The number of ether oxygens (including phenoxy) is 1. The first-order valence-electron chi connectivity index (χ1n) is 7.55. The highest BCUT2D eigenvalue weighted by atomic mass is 16.5. The zero-order chi connectivity index (χ0) is 13.8. The Morgan fingerprint density at radius 1 is 1.15 bits per heavy atom. The summed E-state index contributed by atoms with van der Waals surface area (Å²) in [6.45, 7) is 1.03. The van der Waals surface area contributed by atoms with Gasteiger partial charge in [0.15, 0.2) is 0 Å². The molecule has 2 amide bonds. The summed E-state index contributed by atoms with van der Waals surface area (Å²) in [5, 5.41) is 3.14. The molecule has 0 aromatic heterocycles. The third-order valence-corrected chi connectivity index (χ3v) is 4.21. The Balaban J connectivity index is 1.53. The molecule has 1 aromatic carbocycles. The lowest BCUT2D eigenvalue weighted by molar-refractivity contribution is 0.0945. The summed E-state index contributed by atoms with van der Waals surface area (Å²) < 4.78 is 5.73. The molecule has 1 atom stereocenters. The van der Waals surface area contributed by atoms with E-state index in [1.165, 1.54) is 19.3 Å². The lowest BCUT2D eigenvalue weighted by Crippen LogP contribution is -2.44. The molecule has 20 heavy (non-hydrogen) atoms. The fourth-order valence-corrected chi connectivity index (χ4v) is 3.01. The summed E-state index contributed by atoms with van der Waals surface area (Å²) in [4.78, 5) is 14.0. The van der Waals surface area contributed by atoms with E-state index in [0.717, 1.165) is 18.4 Å². The average Bonchev–Trinajstić information content (AvgIpc) is 2.99. The van der Waals surface area contributed by atoms with Crippen molar-refractivity contribution in [1.82, 2.24) is 10.2 Å². The first-order chi connectivity index (χ1) is 9.83. The number of carbonyl (C=O) groups is 1. The van der Waals surface area contributed by atoms with Crippen LogP contribution in [-0.4, -0.2) is 30.2 Å². The van der Waals surface area contributed by atoms with Crippen molar-refractivity contribution in [3.05, 3.63) is 35.9 Å². The number of hydrogen-bond acceptors (Lipinski definition) is 2. The fourth-order valence-electron chi connectivity index (χ4n) is 3.01. The Morgan fingerprint density at radius 3 is 2.65 bits per heavy atom. The quantitative estimate of drug-likeness (QED) is 0.900. The van der Waals surface area contributed by atoms with E-state index in [9.17, 15) is 4.79 Å². The standard InChI is InChI=1S/C16H22N2O2/c19-16(17-14-9-5-2-6-10-14)18-11-15(20-12-18)13-7-3-1-4-8-13/h1,3-4,7-8,14-15H,2,5-6,9-12H2,(H,17,19). The molecule has 1 aromatic rings. The van der Waals surface area contributed by atoms with E-state index in [1.807, 2.05) is 30.3 Å². The van der Waals surface area contributed by atoms with Crippen LogP contribution >= 0.6 is 0 Å². The maximum Gasteiger partial charge on any atom is 0.319 e. The van der Waals surface area contributed by atoms with Gasteiger partial charge in [0.05, 0.1) is 6.54 Å². The monoisotopic (exact) mass is 274 g/mol. The highest BCUT2D eigenvalue weighted by Crippen LogP contribution is 2.24. The van der Waals surface area contributed by atoms with Crippen LogP contribution in [0.1, 0.15) is 43.8 Å². The second-order valence-corrected chi connectivity index (χ2v) is 5.70. The first-order valence-corrected chi connectivity index (χ1v) is 7.55. The number of rotatable bonds is 2. The van der Waals surface area contributed by atoms with Crippen LogP contribution in [0.5, 0.6) is 0 Å². The Morgan fingerprint density at radius 2 is 1.90 bits per heavy atom. The molecule has 1 N–H and O–H groups in total. The number of carbonyl (C=O) groups excluding carboxylic acids is 1. The van der Waals surface area contributed by atoms with Gasteiger partial charge in [-0.05, 0) is 18.4 Å². The highest BCUT2D eigenvalue weighted by Gasteiger charge is 2.29. The van der Waals surface area contributed by atoms with Gasteiger partial charge in [-0.15, -0.1) is 0 Å². The third-order valence-electron chi connectivity index (χ3n) is 4.21. The van der Waals surface area contributed by atoms with Crippen molar-refractivity contribution in [3.63, 3.8) is 0 Å². The average molecular weight is 274 g/mol. The van der Waals surface area contributed by atoms with Crippen LogP contribution in [0.15, 0.2) is 30.3 Å². The van der Waals surface area contributed by atoms with Crippen LogP contribution in [0.3, 0.4) is 0 Å². The molecule has 4 nitrogen and oxygen atoms in total. The van der Waals surface area contributed by atoms with E-state index in [0.29, 0.717) is 19.3 Å². The molecule has 2 aliphatic rings. The smallest absolute Gasteiger partial charge is 0.319 e. The molecular weight excluding hydrogens is 252 g/mol. The van der Waals surface area contributed by atoms with Crippen LogP contribution in [0.4, 0.5) is 4.79 Å². The molecule has 1 aliphatic heterocycles. The molecule has 1 heterocycles. The largest absolute Gasteiger partial charge is 0.351 e. The molecule has 0 radical (unpaired) electrons. The summed E-state index contributed by atoms with van der Waals surface area (Å²) in [5.74, 6) is 0. The molecule has 1 aliphatic carbocycles. The lowest BCUT2D eigenvalue weighted by atomic mass is 9.96. The van der Waals surface area contributed by atoms with Crippen molar-refractivity contribution >= 4 is 6.03 Å². The van der Waals surface area contributed by atoms with Gasteiger partial charge in [-0.2, -0.15) is 0 Å². The van der Waals surface area contributed by atoms with Crippen LogP contribution in [0.2, 0.25) is 0 Å². The number of nitrogens with one attached hydrogen (secondary N) is 1. The second-order valence-electron chi connectivity index (χ2n) is 5.70. The zero-order valence-corrected chi connectivity index (χ0v) is 11.8. The fraction of sp³-hybridized carbons (Fsp3) is 0.562. The Hall–Kier alpha value is -1.55. The van der Waals surface area contributed by atoms with E-state index < -0.39 is 0 Å². The van der Waals surface area contributed by atoms with E-state index in [4.69, 9.17) is 4.74 Å². The van der Waals surface area contributed by atoms with Gasteiger partial charge >= 0.3 is 6.03 Å². The van der Waals surface area contributed by atoms with E-state index in [1.54, 1.807) is 4.90 Å². The maximum atomic E-state index is 12.2. The van der Waals surface area contributed by atoms with Crippen LogP contribution in [0.25, 0.3) is 0 Å². The molecule has 1 unspecified atom stereocenters. The molecule has 4 heteroatoms. The topological polar surface area (TPSA) is 41.6 Å². The molecule has 108 valence electrons. The predicted octanol–water partition coefficient (Wildman–Crippen LogP) is 3.06. The van der Waals surface area contributed by atoms with Crippen molar-refractivity contribution in [2.75, 3.05) is 13.3 Å². The van der Waals surface area contributed by atoms with E-state index >= 15 is 0 Å². The minimum atomic E-state index is 0.00769. The molecule has 1 saturated carbocycles. The minimum absolute atomic E-state index is 0.00769. The molecular formula is C16H22N2O2. The predicted molar refractivity (Wildman–Crippen MR) is 77.2 cm³/mol. The summed E-state index contributed by atoms with van der Waals surface area (Å²) in [7, 11) is 0. The van der Waals surface area contributed by atoms with Gasteiger partial charge in [0.25, 0.3) is 0 Å². The first kappa shape index (κ1) is 13.4. The summed E-state index contributed by atoms with van der Waals surface area (Å²) in [5.41, 5.74) is 1.14. The number of urea groups is 1. The summed E-state index contributed by atoms with van der Waals surface area (Å²) in [6.07, 6.45) is 6.00. The number of hydrogen-bond donors (Lipinski definition) is 1. The third kappa shape index (κ3) is 3.12. The molecule has 3 rings (SSSR count). The maximum absolute atomic E-state index is 12.2. The van der Waals surface area contributed by atoms with Gasteiger partial charge in [0.2, 0.25) is 0 Å².